The molecule has 2 aliphatic heterocycles. The fourth-order valence-electron chi connectivity index (χ4n) is 3.54. The Kier molecular flexibility index (Phi) is 6.51. The lowest BCUT2D eigenvalue weighted by Crippen LogP contribution is -2.61. The largest absolute Gasteiger partial charge is 0.507 e. The van der Waals surface area contributed by atoms with Crippen LogP contribution < -0.4 is 10.2 Å². The molecule has 0 saturated carbocycles. The van der Waals surface area contributed by atoms with Gasteiger partial charge in [0.05, 0.1) is 17.7 Å². The lowest BCUT2D eigenvalue weighted by Gasteiger charge is -2.40. The number of aliphatic hydroxyl groups excluding tert-OH is 3. The number of aromatic hydroxyl groups is 5. The summed E-state index contributed by atoms with van der Waals surface area (Å²) < 4.78 is 21.3. The fraction of sp³-hybridized carbons (Fsp3) is 0.273. The van der Waals surface area contributed by atoms with Crippen LogP contribution in [0.4, 0.5) is 0 Å². The number of aliphatic hydroxyl groups is 3. The maximum Gasteiger partial charge on any atom is 0.339 e. The number of benzene rings is 2. The normalized spacial score (nSPS) is 23.9. The van der Waals surface area contributed by atoms with Crippen molar-refractivity contribution in [2.75, 3.05) is 6.61 Å². The number of ether oxygens (including phenoxy) is 3. The molecule has 1 saturated heterocycles. The molecule has 8 N–H and O–H groups in total. The van der Waals surface area contributed by atoms with Crippen molar-refractivity contribution < 1.29 is 64.3 Å². The van der Waals surface area contributed by atoms with Gasteiger partial charge >= 0.3 is 11.9 Å². The molecule has 0 radical (unpaired) electrons. The summed E-state index contributed by atoms with van der Waals surface area (Å²) in [6.07, 6.45) is -8.76. The lowest BCUT2D eigenvalue weighted by atomic mass is 9.99. The Hall–Kier alpha value is -4.24. The molecule has 4 rings (SSSR count). The predicted molar refractivity (Wildman–Crippen MR) is 114 cm³/mol. The summed E-state index contributed by atoms with van der Waals surface area (Å²) in [6.45, 7) is -0.799. The van der Waals surface area contributed by atoms with Crippen molar-refractivity contribution in [2.45, 2.75) is 30.7 Å². The third kappa shape index (κ3) is 4.52. The topological polar surface area (TPSA) is 237 Å². The van der Waals surface area contributed by atoms with E-state index >= 15 is 0 Å². The van der Waals surface area contributed by atoms with E-state index in [-0.39, 0.29) is 11.3 Å². The Morgan fingerprint density at radius 1 is 0.889 bits per heavy atom. The van der Waals surface area contributed by atoms with Crippen LogP contribution in [0.5, 0.6) is 34.7 Å². The highest BCUT2D eigenvalue weighted by molar-refractivity contribution is 5.91. The third-order valence-corrected chi connectivity index (χ3v) is 5.38. The van der Waals surface area contributed by atoms with Crippen molar-refractivity contribution in [3.63, 3.8) is 0 Å². The number of hydrogen-bond donors (Lipinski definition) is 8. The van der Waals surface area contributed by atoms with Gasteiger partial charge in [-0.15, -0.1) is 0 Å². The summed E-state index contributed by atoms with van der Waals surface area (Å²) in [5, 5.41) is 79.2. The molecule has 0 unspecified atom stereocenters. The lowest BCUT2D eigenvalue weighted by molar-refractivity contribution is -0.279. The molecule has 5 atom stereocenters. The van der Waals surface area contributed by atoms with Gasteiger partial charge in [0.1, 0.15) is 29.8 Å². The molecule has 0 amide bonds. The molecule has 0 spiro atoms. The smallest absolute Gasteiger partial charge is 0.339 e. The highest BCUT2D eigenvalue weighted by Gasteiger charge is 2.48. The minimum absolute atomic E-state index is 0.0392. The fourth-order valence-corrected chi connectivity index (χ4v) is 3.54. The van der Waals surface area contributed by atoms with Gasteiger partial charge in [-0.25, -0.2) is 4.79 Å². The maximum atomic E-state index is 12.6. The molecule has 1 aromatic rings. The van der Waals surface area contributed by atoms with E-state index in [2.05, 4.69) is 0 Å². The summed E-state index contributed by atoms with van der Waals surface area (Å²) in [7, 11) is 0. The van der Waals surface area contributed by atoms with E-state index in [0.717, 1.165) is 30.3 Å². The van der Waals surface area contributed by atoms with Gasteiger partial charge in [0.25, 0.3) is 0 Å². The number of hydrogen-bond acceptors (Lipinski definition) is 14. The van der Waals surface area contributed by atoms with E-state index in [1.54, 1.807) is 0 Å². The second-order valence-corrected chi connectivity index (χ2v) is 7.83. The van der Waals surface area contributed by atoms with Crippen LogP contribution in [-0.2, 0) is 9.47 Å². The molecule has 1 aliphatic carbocycles. The number of rotatable bonds is 5. The van der Waals surface area contributed by atoms with Crippen molar-refractivity contribution in [3.8, 4) is 46.0 Å². The summed E-state index contributed by atoms with van der Waals surface area (Å²) in [5.41, 5.74) is -1.13. The zero-order chi connectivity index (χ0) is 26.3. The van der Waals surface area contributed by atoms with Gasteiger partial charge in [-0.2, -0.15) is 0 Å². The first-order valence-corrected chi connectivity index (χ1v) is 10.2. The molecule has 3 aliphatic rings. The van der Waals surface area contributed by atoms with Crippen molar-refractivity contribution in [3.05, 3.63) is 46.1 Å². The van der Waals surface area contributed by atoms with Gasteiger partial charge in [-0.1, -0.05) is 0 Å². The van der Waals surface area contributed by atoms with E-state index in [1.165, 1.54) is 0 Å². The van der Waals surface area contributed by atoms with E-state index in [4.69, 9.17) is 18.6 Å². The minimum Gasteiger partial charge on any atom is -0.507 e. The molecule has 192 valence electrons. The number of fused-ring (bicyclic) bond motifs is 1. The zero-order valence-corrected chi connectivity index (χ0v) is 18.0. The van der Waals surface area contributed by atoms with Gasteiger partial charge < -0.3 is 59.5 Å². The van der Waals surface area contributed by atoms with E-state index in [1.807, 2.05) is 0 Å². The van der Waals surface area contributed by atoms with Crippen LogP contribution in [0.2, 0.25) is 0 Å². The van der Waals surface area contributed by atoms with E-state index in [0.29, 0.717) is 0 Å². The average molecular weight is 508 g/mol. The van der Waals surface area contributed by atoms with Crippen molar-refractivity contribution in [2.24, 2.45) is 0 Å². The van der Waals surface area contributed by atoms with Crippen LogP contribution in [0.1, 0.15) is 10.4 Å². The highest BCUT2D eigenvalue weighted by Crippen LogP contribution is 2.40. The number of carbonyl (C=O) groups is 1. The monoisotopic (exact) mass is 508 g/mol. The number of esters is 1. The maximum absolute atomic E-state index is 12.6. The SMILES string of the molecule is O=C(O[C@H]1[C@H](Oc2oc3cc(=O)cc(O)c-3cc2O)O[C@H](CO)[C@H](O)[C@@H]1O)c1cc(O)c(O)c(O)c1. The molecule has 36 heavy (non-hydrogen) atoms. The van der Waals surface area contributed by atoms with E-state index in [9.17, 15) is 50.4 Å². The van der Waals surface area contributed by atoms with Gasteiger partial charge in [-0.05, 0) is 12.1 Å². The van der Waals surface area contributed by atoms with Gasteiger partial charge in [0.15, 0.2) is 34.5 Å². The molecule has 14 nitrogen and oxygen atoms in total. The summed E-state index contributed by atoms with van der Waals surface area (Å²) in [5.74, 6) is -5.94. The number of phenols is 4. The Balaban J connectivity index is 1.68. The average Bonchev–Trinajstić information content (AvgIpc) is 2.82. The van der Waals surface area contributed by atoms with Gasteiger partial charge in [-0.3, -0.25) is 4.79 Å². The van der Waals surface area contributed by atoms with Crippen molar-refractivity contribution >= 4 is 5.97 Å². The second kappa shape index (κ2) is 9.43. The van der Waals surface area contributed by atoms with Crippen LogP contribution in [-0.4, -0.2) is 84.1 Å². The molecule has 0 bridgehead atoms. The summed E-state index contributed by atoms with van der Waals surface area (Å²) in [6, 6.07) is 4.39. The molecular formula is C22H20O14. The first-order chi connectivity index (χ1) is 17.0. The highest BCUT2D eigenvalue weighted by atomic mass is 16.7. The Morgan fingerprint density at radius 2 is 1.56 bits per heavy atom. The zero-order valence-electron chi connectivity index (χ0n) is 18.0. The molecule has 1 aromatic carbocycles. The summed E-state index contributed by atoms with van der Waals surface area (Å²) in [4.78, 5) is 24.3. The molecular weight excluding hydrogens is 488 g/mol. The first-order valence-electron chi connectivity index (χ1n) is 10.2. The first kappa shape index (κ1) is 24.9. The Labute approximate surface area is 200 Å². The van der Waals surface area contributed by atoms with Crippen molar-refractivity contribution in [1.29, 1.82) is 0 Å². The minimum atomic E-state index is -1.91. The van der Waals surface area contributed by atoms with Gasteiger partial charge in [0, 0.05) is 18.2 Å². The van der Waals surface area contributed by atoms with Crippen molar-refractivity contribution in [1.82, 2.24) is 0 Å². The molecule has 2 heterocycles. The van der Waals surface area contributed by atoms with Crippen LogP contribution in [0, 0.1) is 0 Å². The van der Waals surface area contributed by atoms with Gasteiger partial charge in [0.2, 0.25) is 6.29 Å². The standard InChI is InChI=1S/C22H20O14/c23-6-15-17(30)18(31)19(35-20(32)7-1-11(26)16(29)12(27)2-7)22(34-15)36-21-13(28)5-9-10(25)3-8(24)4-14(9)33-21/h1-5,15,17-19,22-23,25-31H,6H2/t15-,17+,18+,19-,22+/m1/s1. The number of phenolic OH excluding ortho intramolecular Hbond substituents is 4. The Morgan fingerprint density at radius 3 is 2.19 bits per heavy atom. The van der Waals surface area contributed by atoms with Crippen LogP contribution in [0.15, 0.2) is 39.5 Å². The summed E-state index contributed by atoms with van der Waals surface area (Å²) >= 11 is 0. The second-order valence-electron chi connectivity index (χ2n) is 7.83. The molecule has 14 heteroatoms. The number of carbonyl (C=O) groups excluding carboxylic acids is 1. The van der Waals surface area contributed by atoms with E-state index < -0.39 is 89.0 Å². The molecule has 0 aromatic heterocycles. The van der Waals surface area contributed by atoms with Crippen LogP contribution in [0.3, 0.4) is 0 Å². The quantitative estimate of drug-likeness (QED) is 0.157. The third-order valence-electron chi connectivity index (χ3n) is 5.38. The Bertz CT molecular complexity index is 1290. The molecule has 1 fully saturated rings. The van der Waals surface area contributed by atoms with Crippen LogP contribution in [0.25, 0.3) is 11.3 Å². The van der Waals surface area contributed by atoms with Crippen LogP contribution >= 0.6 is 0 Å². The predicted octanol–water partition coefficient (Wildman–Crippen LogP) is -0.684.